The van der Waals surface area contributed by atoms with Crippen LogP contribution in [0.2, 0.25) is 0 Å². The number of morpholine rings is 1. The molecule has 11 heavy (non-hydrogen) atoms. The number of nitrogens with zero attached hydrogens (tertiary/aromatic N) is 1. The van der Waals surface area contributed by atoms with E-state index in [1.807, 2.05) is 0 Å². The van der Waals surface area contributed by atoms with Crippen LogP contribution in [-0.2, 0) is 4.74 Å². The third-order valence-corrected chi connectivity index (χ3v) is 2.05. The summed E-state index contributed by atoms with van der Waals surface area (Å²) >= 11 is 0. The van der Waals surface area contributed by atoms with Crippen molar-refractivity contribution in [1.82, 2.24) is 4.90 Å². The third kappa shape index (κ3) is 3.04. The van der Waals surface area contributed by atoms with E-state index in [1.165, 1.54) is 5.57 Å². The molecule has 1 fully saturated rings. The predicted octanol–water partition coefficient (Wildman–Crippen LogP) is 1.28. The van der Waals surface area contributed by atoms with Gasteiger partial charge in [-0.2, -0.15) is 0 Å². The van der Waals surface area contributed by atoms with Gasteiger partial charge in [-0.25, -0.2) is 0 Å². The fraction of sp³-hybridized carbons (Fsp3) is 0.778. The highest BCUT2D eigenvalue weighted by molar-refractivity contribution is 4.96. The summed E-state index contributed by atoms with van der Waals surface area (Å²) in [4.78, 5) is 2.40. The highest BCUT2D eigenvalue weighted by atomic mass is 16.5. The Bertz CT molecular complexity index is 128. The van der Waals surface area contributed by atoms with Crippen molar-refractivity contribution in [2.45, 2.75) is 13.3 Å². The lowest BCUT2D eigenvalue weighted by Gasteiger charge is -2.26. The first-order valence-electron chi connectivity index (χ1n) is 4.29. The van der Waals surface area contributed by atoms with Gasteiger partial charge in [-0.1, -0.05) is 19.1 Å². The molecule has 2 heteroatoms. The van der Waals surface area contributed by atoms with E-state index in [0.29, 0.717) is 0 Å². The fourth-order valence-corrected chi connectivity index (χ4v) is 1.19. The van der Waals surface area contributed by atoms with E-state index in [1.54, 1.807) is 0 Å². The fourth-order valence-electron chi connectivity index (χ4n) is 1.19. The summed E-state index contributed by atoms with van der Waals surface area (Å²) in [6, 6.07) is 0. The second kappa shape index (κ2) is 4.52. The lowest BCUT2D eigenvalue weighted by atomic mass is 10.2. The molecule has 0 saturated carbocycles. The molecule has 0 bridgehead atoms. The van der Waals surface area contributed by atoms with E-state index in [0.717, 1.165) is 39.3 Å². The van der Waals surface area contributed by atoms with Gasteiger partial charge in [0.05, 0.1) is 13.2 Å². The van der Waals surface area contributed by atoms with Crippen LogP contribution in [0.5, 0.6) is 0 Å². The zero-order chi connectivity index (χ0) is 8.10. The molecule has 0 unspecified atom stereocenters. The Hall–Kier alpha value is -0.340. The van der Waals surface area contributed by atoms with Crippen molar-refractivity contribution in [3.63, 3.8) is 0 Å². The second-order valence-corrected chi connectivity index (χ2v) is 2.99. The van der Waals surface area contributed by atoms with Crippen LogP contribution in [0.15, 0.2) is 12.2 Å². The Morgan fingerprint density at radius 1 is 1.45 bits per heavy atom. The Balaban J connectivity index is 2.19. The number of ether oxygens (including phenoxy) is 1. The Kier molecular flexibility index (Phi) is 3.60. The van der Waals surface area contributed by atoms with E-state index < -0.39 is 0 Å². The van der Waals surface area contributed by atoms with E-state index in [4.69, 9.17) is 4.74 Å². The maximum absolute atomic E-state index is 5.24. The quantitative estimate of drug-likeness (QED) is 0.569. The molecule has 0 aromatic heterocycles. The average Bonchev–Trinajstić information content (AvgIpc) is 2.06. The molecular weight excluding hydrogens is 138 g/mol. The van der Waals surface area contributed by atoms with Crippen LogP contribution in [0.4, 0.5) is 0 Å². The Morgan fingerprint density at radius 3 is 2.64 bits per heavy atom. The smallest absolute Gasteiger partial charge is 0.0594 e. The van der Waals surface area contributed by atoms with Gasteiger partial charge >= 0.3 is 0 Å². The zero-order valence-electron chi connectivity index (χ0n) is 7.31. The summed E-state index contributed by atoms with van der Waals surface area (Å²) in [5.41, 5.74) is 1.33. The van der Waals surface area contributed by atoms with Crippen molar-refractivity contribution < 1.29 is 4.74 Å². The van der Waals surface area contributed by atoms with Crippen LogP contribution >= 0.6 is 0 Å². The van der Waals surface area contributed by atoms with Crippen LogP contribution < -0.4 is 0 Å². The minimum absolute atomic E-state index is 0.886. The van der Waals surface area contributed by atoms with Gasteiger partial charge in [0.1, 0.15) is 0 Å². The van der Waals surface area contributed by atoms with Crippen molar-refractivity contribution in [2.24, 2.45) is 0 Å². The second-order valence-electron chi connectivity index (χ2n) is 2.99. The van der Waals surface area contributed by atoms with Gasteiger partial charge < -0.3 is 4.74 Å². The van der Waals surface area contributed by atoms with Crippen LogP contribution in [0.3, 0.4) is 0 Å². The monoisotopic (exact) mass is 155 g/mol. The van der Waals surface area contributed by atoms with Gasteiger partial charge in [-0.3, -0.25) is 4.90 Å². The van der Waals surface area contributed by atoms with Crippen molar-refractivity contribution in [3.05, 3.63) is 12.2 Å². The molecule has 0 radical (unpaired) electrons. The molecule has 2 nitrogen and oxygen atoms in total. The lowest BCUT2D eigenvalue weighted by Crippen LogP contribution is -2.37. The summed E-state index contributed by atoms with van der Waals surface area (Å²) < 4.78 is 5.24. The first kappa shape index (κ1) is 8.75. The van der Waals surface area contributed by atoms with Crippen molar-refractivity contribution >= 4 is 0 Å². The van der Waals surface area contributed by atoms with Crippen LogP contribution in [-0.4, -0.2) is 37.7 Å². The van der Waals surface area contributed by atoms with E-state index in [2.05, 4.69) is 18.4 Å². The van der Waals surface area contributed by atoms with E-state index in [-0.39, 0.29) is 0 Å². The molecule has 1 aliphatic heterocycles. The molecule has 0 spiro atoms. The first-order valence-corrected chi connectivity index (χ1v) is 4.29. The number of rotatable bonds is 3. The van der Waals surface area contributed by atoms with Gasteiger partial charge in [-0.05, 0) is 6.42 Å². The minimum atomic E-state index is 0.886. The molecular formula is C9H17NO. The van der Waals surface area contributed by atoms with E-state index in [9.17, 15) is 0 Å². The summed E-state index contributed by atoms with van der Waals surface area (Å²) in [6.07, 6.45) is 1.09. The number of hydrogen-bond acceptors (Lipinski definition) is 2. The van der Waals surface area contributed by atoms with Crippen molar-refractivity contribution in [2.75, 3.05) is 32.8 Å². The normalized spacial score (nSPS) is 20.1. The van der Waals surface area contributed by atoms with Gasteiger partial charge in [0.15, 0.2) is 0 Å². The van der Waals surface area contributed by atoms with Crippen LogP contribution in [0, 0.1) is 0 Å². The molecule has 0 amide bonds. The molecule has 0 aliphatic carbocycles. The van der Waals surface area contributed by atoms with Gasteiger partial charge in [0.2, 0.25) is 0 Å². The Morgan fingerprint density at radius 2 is 2.09 bits per heavy atom. The summed E-state index contributed by atoms with van der Waals surface area (Å²) in [5, 5.41) is 0. The van der Waals surface area contributed by atoms with E-state index >= 15 is 0 Å². The Labute approximate surface area is 68.8 Å². The molecule has 0 atom stereocenters. The summed E-state index contributed by atoms with van der Waals surface area (Å²) in [5.74, 6) is 0. The van der Waals surface area contributed by atoms with Gasteiger partial charge in [-0.15, -0.1) is 0 Å². The highest BCUT2D eigenvalue weighted by Crippen LogP contribution is 2.03. The van der Waals surface area contributed by atoms with Gasteiger partial charge in [0, 0.05) is 19.6 Å². The molecule has 1 saturated heterocycles. The molecule has 64 valence electrons. The maximum Gasteiger partial charge on any atom is 0.0594 e. The molecule has 0 aromatic carbocycles. The minimum Gasteiger partial charge on any atom is -0.379 e. The standard InChI is InChI=1S/C9H17NO/c1-3-9(2)8-10-4-6-11-7-5-10/h2-8H2,1H3. The maximum atomic E-state index is 5.24. The summed E-state index contributed by atoms with van der Waals surface area (Å²) in [6.45, 7) is 11.1. The molecule has 0 aromatic rings. The van der Waals surface area contributed by atoms with Crippen molar-refractivity contribution in [3.8, 4) is 0 Å². The first-order chi connectivity index (χ1) is 5.33. The van der Waals surface area contributed by atoms with Crippen LogP contribution in [0.25, 0.3) is 0 Å². The molecule has 1 rings (SSSR count). The summed E-state index contributed by atoms with van der Waals surface area (Å²) in [7, 11) is 0. The van der Waals surface area contributed by atoms with Crippen LogP contribution in [0.1, 0.15) is 13.3 Å². The van der Waals surface area contributed by atoms with Crippen molar-refractivity contribution in [1.29, 1.82) is 0 Å². The predicted molar refractivity (Wildman–Crippen MR) is 46.7 cm³/mol. The molecule has 1 heterocycles. The van der Waals surface area contributed by atoms with Gasteiger partial charge in [0.25, 0.3) is 0 Å². The lowest BCUT2D eigenvalue weighted by molar-refractivity contribution is 0.0421. The number of hydrogen-bond donors (Lipinski definition) is 0. The SMILES string of the molecule is C=C(CC)CN1CCOCC1. The topological polar surface area (TPSA) is 12.5 Å². The molecule has 0 N–H and O–H groups in total. The zero-order valence-corrected chi connectivity index (χ0v) is 7.31. The highest BCUT2D eigenvalue weighted by Gasteiger charge is 2.09. The molecule has 1 aliphatic rings. The largest absolute Gasteiger partial charge is 0.379 e. The third-order valence-electron chi connectivity index (χ3n) is 2.05. The average molecular weight is 155 g/mol.